The Labute approximate surface area is 109 Å². The quantitative estimate of drug-likeness (QED) is 0.886. The van der Waals surface area contributed by atoms with Gasteiger partial charge in [-0.1, -0.05) is 23.8 Å². The van der Waals surface area contributed by atoms with Crippen LogP contribution in [0.1, 0.15) is 29.2 Å². The van der Waals surface area contributed by atoms with Crippen molar-refractivity contribution in [3.05, 3.63) is 34.9 Å². The van der Waals surface area contributed by atoms with Crippen LogP contribution in [0.3, 0.4) is 0 Å². The molecule has 100 valence electrons. The third-order valence-corrected chi connectivity index (χ3v) is 3.61. The van der Waals surface area contributed by atoms with E-state index in [1.807, 2.05) is 0 Å². The first kappa shape index (κ1) is 13.5. The maximum absolute atomic E-state index is 10.3. The van der Waals surface area contributed by atoms with Crippen LogP contribution < -0.4 is 0 Å². The number of aliphatic hydroxyl groups excluding tert-OH is 1. The van der Waals surface area contributed by atoms with E-state index < -0.39 is 0 Å². The first-order valence-corrected chi connectivity index (χ1v) is 6.72. The van der Waals surface area contributed by atoms with Crippen molar-refractivity contribution >= 4 is 0 Å². The van der Waals surface area contributed by atoms with E-state index in [0.29, 0.717) is 0 Å². The molecule has 0 aromatic heterocycles. The van der Waals surface area contributed by atoms with Crippen molar-refractivity contribution in [1.82, 2.24) is 4.90 Å². The van der Waals surface area contributed by atoms with Crippen molar-refractivity contribution < 1.29 is 9.84 Å². The van der Waals surface area contributed by atoms with E-state index in [4.69, 9.17) is 4.74 Å². The summed E-state index contributed by atoms with van der Waals surface area (Å²) in [6.45, 7) is 8.70. The second kappa shape index (κ2) is 6.32. The predicted molar refractivity (Wildman–Crippen MR) is 72.8 cm³/mol. The van der Waals surface area contributed by atoms with Crippen LogP contribution in [0.2, 0.25) is 0 Å². The average molecular weight is 249 g/mol. The number of hydrogen-bond donors (Lipinski definition) is 1. The molecule has 0 bridgehead atoms. The predicted octanol–water partition coefficient (Wildman–Crippen LogP) is 2.06. The molecule has 1 heterocycles. The van der Waals surface area contributed by atoms with E-state index in [1.54, 1.807) is 0 Å². The molecule has 1 aromatic rings. The van der Waals surface area contributed by atoms with E-state index in [1.165, 1.54) is 11.1 Å². The molecule has 0 amide bonds. The maximum Gasteiger partial charge on any atom is 0.0804 e. The Bertz CT molecular complexity index is 386. The Morgan fingerprint density at radius 3 is 2.67 bits per heavy atom. The van der Waals surface area contributed by atoms with Crippen LogP contribution in [0.5, 0.6) is 0 Å². The summed E-state index contributed by atoms with van der Waals surface area (Å²) in [4.78, 5) is 2.36. The van der Waals surface area contributed by atoms with Gasteiger partial charge in [0.05, 0.1) is 19.3 Å². The zero-order valence-corrected chi connectivity index (χ0v) is 11.4. The van der Waals surface area contributed by atoms with Gasteiger partial charge in [0.25, 0.3) is 0 Å². The Hall–Kier alpha value is -0.900. The van der Waals surface area contributed by atoms with Crippen molar-refractivity contribution in [2.75, 3.05) is 32.8 Å². The molecule has 1 fully saturated rings. The van der Waals surface area contributed by atoms with Gasteiger partial charge < -0.3 is 9.84 Å². The lowest BCUT2D eigenvalue weighted by Gasteiger charge is -2.27. The molecule has 1 aromatic carbocycles. The zero-order chi connectivity index (χ0) is 13.0. The van der Waals surface area contributed by atoms with Crippen molar-refractivity contribution in [2.24, 2.45) is 0 Å². The van der Waals surface area contributed by atoms with E-state index in [9.17, 15) is 5.11 Å². The molecule has 1 aliphatic heterocycles. The molecular weight excluding hydrogens is 226 g/mol. The second-order valence-electron chi connectivity index (χ2n) is 5.12. The minimum atomic E-state index is -0.353. The Morgan fingerprint density at radius 2 is 2.00 bits per heavy atom. The normalized spacial score (nSPS) is 18.8. The fourth-order valence-electron chi connectivity index (χ4n) is 2.48. The molecule has 0 aliphatic carbocycles. The molecule has 0 saturated carbocycles. The topological polar surface area (TPSA) is 32.7 Å². The van der Waals surface area contributed by atoms with Gasteiger partial charge in [-0.25, -0.2) is 0 Å². The third kappa shape index (κ3) is 3.55. The minimum absolute atomic E-state index is 0.353. The summed E-state index contributed by atoms with van der Waals surface area (Å²) in [7, 11) is 0. The molecular formula is C15H23NO2. The summed E-state index contributed by atoms with van der Waals surface area (Å²) in [5.74, 6) is 0. The summed E-state index contributed by atoms with van der Waals surface area (Å²) < 4.78 is 5.32. The summed E-state index contributed by atoms with van der Waals surface area (Å²) in [5, 5.41) is 10.3. The molecule has 0 spiro atoms. The number of rotatable bonds is 4. The molecule has 2 rings (SSSR count). The molecule has 1 saturated heterocycles. The van der Waals surface area contributed by atoms with Gasteiger partial charge in [0.1, 0.15) is 0 Å². The number of aryl methyl sites for hydroxylation is 2. The summed E-state index contributed by atoms with van der Waals surface area (Å²) >= 11 is 0. The van der Waals surface area contributed by atoms with Crippen LogP contribution in [0.4, 0.5) is 0 Å². The molecule has 0 radical (unpaired) electrons. The SMILES string of the molecule is Cc1ccc(C(O)CCN2CCOCC2)c(C)c1. The van der Waals surface area contributed by atoms with Crippen LogP contribution >= 0.6 is 0 Å². The molecule has 1 aliphatic rings. The second-order valence-corrected chi connectivity index (χ2v) is 5.12. The molecule has 1 atom stereocenters. The van der Waals surface area contributed by atoms with Gasteiger partial charge in [0.15, 0.2) is 0 Å². The van der Waals surface area contributed by atoms with Gasteiger partial charge in [-0.2, -0.15) is 0 Å². The lowest BCUT2D eigenvalue weighted by molar-refractivity contribution is 0.0300. The van der Waals surface area contributed by atoms with Crippen molar-refractivity contribution in [1.29, 1.82) is 0 Å². The average Bonchev–Trinajstić information content (AvgIpc) is 2.37. The monoisotopic (exact) mass is 249 g/mol. The maximum atomic E-state index is 10.3. The fraction of sp³-hybridized carbons (Fsp3) is 0.600. The first-order valence-electron chi connectivity index (χ1n) is 6.72. The molecule has 3 heteroatoms. The van der Waals surface area contributed by atoms with Gasteiger partial charge in [-0.3, -0.25) is 4.90 Å². The Morgan fingerprint density at radius 1 is 1.28 bits per heavy atom. The van der Waals surface area contributed by atoms with Gasteiger partial charge in [-0.05, 0) is 31.4 Å². The van der Waals surface area contributed by atoms with Crippen molar-refractivity contribution in [3.63, 3.8) is 0 Å². The van der Waals surface area contributed by atoms with E-state index in [-0.39, 0.29) is 6.10 Å². The number of morpholine rings is 1. The number of ether oxygens (including phenoxy) is 1. The van der Waals surface area contributed by atoms with Crippen LogP contribution in [0, 0.1) is 13.8 Å². The molecule has 3 nitrogen and oxygen atoms in total. The highest BCUT2D eigenvalue weighted by Gasteiger charge is 2.14. The Balaban J connectivity index is 1.88. The van der Waals surface area contributed by atoms with Crippen LogP contribution in [-0.4, -0.2) is 42.9 Å². The van der Waals surface area contributed by atoms with Gasteiger partial charge >= 0.3 is 0 Å². The number of hydrogen-bond acceptors (Lipinski definition) is 3. The lowest BCUT2D eigenvalue weighted by atomic mass is 9.99. The van der Waals surface area contributed by atoms with Crippen LogP contribution in [0.15, 0.2) is 18.2 Å². The van der Waals surface area contributed by atoms with Gasteiger partial charge in [-0.15, -0.1) is 0 Å². The highest BCUT2D eigenvalue weighted by molar-refractivity contribution is 5.31. The highest BCUT2D eigenvalue weighted by atomic mass is 16.5. The molecule has 1 N–H and O–H groups in total. The highest BCUT2D eigenvalue weighted by Crippen LogP contribution is 2.22. The standard InChI is InChI=1S/C15H23NO2/c1-12-3-4-14(13(2)11-12)15(17)5-6-16-7-9-18-10-8-16/h3-4,11,15,17H,5-10H2,1-2H3. The van der Waals surface area contributed by atoms with E-state index in [2.05, 4.69) is 36.9 Å². The first-order chi connectivity index (χ1) is 8.66. The van der Waals surface area contributed by atoms with E-state index >= 15 is 0 Å². The van der Waals surface area contributed by atoms with Crippen LogP contribution in [-0.2, 0) is 4.74 Å². The summed E-state index contributed by atoms with van der Waals surface area (Å²) in [6, 6.07) is 6.25. The molecule has 18 heavy (non-hydrogen) atoms. The smallest absolute Gasteiger partial charge is 0.0804 e. The fourth-order valence-corrected chi connectivity index (χ4v) is 2.48. The van der Waals surface area contributed by atoms with Crippen LogP contribution in [0.25, 0.3) is 0 Å². The van der Waals surface area contributed by atoms with E-state index in [0.717, 1.165) is 44.8 Å². The van der Waals surface area contributed by atoms with Crippen molar-refractivity contribution in [3.8, 4) is 0 Å². The minimum Gasteiger partial charge on any atom is -0.388 e. The van der Waals surface area contributed by atoms with Gasteiger partial charge in [0.2, 0.25) is 0 Å². The van der Waals surface area contributed by atoms with Crippen molar-refractivity contribution in [2.45, 2.75) is 26.4 Å². The largest absolute Gasteiger partial charge is 0.388 e. The number of nitrogens with zero attached hydrogens (tertiary/aromatic N) is 1. The summed E-state index contributed by atoms with van der Waals surface area (Å²) in [6.07, 6.45) is 0.442. The molecule has 1 unspecified atom stereocenters. The third-order valence-electron chi connectivity index (χ3n) is 3.61. The number of aliphatic hydroxyl groups is 1. The lowest BCUT2D eigenvalue weighted by Crippen LogP contribution is -2.37. The Kier molecular flexibility index (Phi) is 4.75. The van der Waals surface area contributed by atoms with Gasteiger partial charge in [0, 0.05) is 19.6 Å². The number of benzene rings is 1. The summed E-state index contributed by atoms with van der Waals surface area (Å²) in [5.41, 5.74) is 3.50. The zero-order valence-electron chi connectivity index (χ0n) is 11.4.